The predicted octanol–water partition coefficient (Wildman–Crippen LogP) is 0.819. The van der Waals surface area contributed by atoms with Gasteiger partial charge in [-0.3, -0.25) is 4.68 Å². The molecule has 1 aliphatic rings. The van der Waals surface area contributed by atoms with Gasteiger partial charge in [0.05, 0.1) is 6.20 Å². The van der Waals surface area contributed by atoms with Crippen LogP contribution >= 0.6 is 0 Å². The van der Waals surface area contributed by atoms with E-state index in [4.69, 9.17) is 0 Å². The van der Waals surface area contributed by atoms with Gasteiger partial charge in [0.1, 0.15) is 0 Å². The lowest BCUT2D eigenvalue weighted by atomic mass is 9.98. The van der Waals surface area contributed by atoms with Crippen molar-refractivity contribution in [3.63, 3.8) is 0 Å². The monoisotopic (exact) mass is 300 g/mol. The molecule has 0 bridgehead atoms. The third kappa shape index (κ3) is 3.21. The topological polar surface area (TPSA) is 67.2 Å². The molecule has 0 aliphatic carbocycles. The summed E-state index contributed by atoms with van der Waals surface area (Å²) in [6.45, 7) is 6.39. The van der Waals surface area contributed by atoms with Crippen LogP contribution < -0.4 is 5.32 Å². The van der Waals surface area contributed by atoms with Crippen LogP contribution in [-0.4, -0.2) is 48.2 Å². The number of nitrogens with zero attached hydrogens (tertiary/aromatic N) is 3. The van der Waals surface area contributed by atoms with Crippen LogP contribution in [0.5, 0.6) is 0 Å². The largest absolute Gasteiger partial charge is 0.317 e. The third-order valence-corrected chi connectivity index (χ3v) is 5.94. The highest BCUT2D eigenvalue weighted by atomic mass is 32.2. The van der Waals surface area contributed by atoms with Crippen molar-refractivity contribution in [2.45, 2.75) is 37.8 Å². The van der Waals surface area contributed by atoms with Crippen molar-refractivity contribution in [2.75, 3.05) is 19.6 Å². The Kier molecular flexibility index (Phi) is 4.82. The molecule has 1 fully saturated rings. The molecule has 1 aliphatic heterocycles. The fourth-order valence-corrected chi connectivity index (χ4v) is 4.46. The smallest absolute Gasteiger partial charge is 0.260 e. The molecule has 2 heterocycles. The second-order valence-electron chi connectivity index (χ2n) is 5.65. The van der Waals surface area contributed by atoms with Gasteiger partial charge in [-0.05, 0) is 51.8 Å². The molecule has 0 radical (unpaired) electrons. The van der Waals surface area contributed by atoms with Gasteiger partial charge in [0.2, 0.25) is 0 Å². The van der Waals surface area contributed by atoms with Crippen LogP contribution in [0.4, 0.5) is 0 Å². The van der Waals surface area contributed by atoms with E-state index in [1.165, 1.54) is 10.9 Å². The second kappa shape index (κ2) is 6.24. The standard InChI is InChI=1S/C13H24N4O2S/c1-11(2)17(10-12-4-7-14-8-5-12)20(18,19)13-6-9-15-16(13)3/h6,9,11-12,14H,4-5,7-8,10H2,1-3H3. The third-order valence-electron chi connectivity index (χ3n) is 3.82. The van der Waals surface area contributed by atoms with Crippen molar-refractivity contribution >= 4 is 10.0 Å². The normalized spacial score (nSPS) is 18.1. The molecule has 0 unspecified atom stereocenters. The summed E-state index contributed by atoms with van der Waals surface area (Å²) in [7, 11) is -1.81. The molecule has 1 aromatic rings. The molecule has 1 N–H and O–H groups in total. The fourth-order valence-electron chi connectivity index (χ4n) is 2.64. The lowest BCUT2D eigenvalue weighted by Gasteiger charge is -2.31. The van der Waals surface area contributed by atoms with Crippen LogP contribution in [0.2, 0.25) is 0 Å². The average molecular weight is 300 g/mol. The van der Waals surface area contributed by atoms with Crippen molar-refractivity contribution < 1.29 is 8.42 Å². The van der Waals surface area contributed by atoms with Crippen molar-refractivity contribution in [1.29, 1.82) is 0 Å². The molecular formula is C13H24N4O2S. The van der Waals surface area contributed by atoms with E-state index in [2.05, 4.69) is 10.4 Å². The first-order chi connectivity index (χ1) is 9.43. The number of sulfonamides is 1. The number of hydrogen-bond acceptors (Lipinski definition) is 4. The molecule has 114 valence electrons. The fraction of sp³-hybridized carbons (Fsp3) is 0.769. The Morgan fingerprint density at radius 2 is 2.10 bits per heavy atom. The summed E-state index contributed by atoms with van der Waals surface area (Å²) in [6.07, 6.45) is 3.59. The van der Waals surface area contributed by atoms with E-state index in [0.29, 0.717) is 12.5 Å². The second-order valence-corrected chi connectivity index (χ2v) is 7.49. The Morgan fingerprint density at radius 3 is 2.60 bits per heavy atom. The molecule has 0 atom stereocenters. The van der Waals surface area contributed by atoms with Crippen molar-refractivity contribution in [1.82, 2.24) is 19.4 Å². The van der Waals surface area contributed by atoms with Crippen LogP contribution in [0.3, 0.4) is 0 Å². The number of aryl methyl sites for hydroxylation is 1. The minimum absolute atomic E-state index is 0.0511. The first kappa shape index (κ1) is 15.5. The lowest BCUT2D eigenvalue weighted by molar-refractivity contribution is 0.259. The maximum atomic E-state index is 12.8. The van der Waals surface area contributed by atoms with Crippen LogP contribution in [0.1, 0.15) is 26.7 Å². The van der Waals surface area contributed by atoms with Gasteiger partial charge in [-0.1, -0.05) is 0 Å². The Morgan fingerprint density at radius 1 is 1.45 bits per heavy atom. The molecule has 20 heavy (non-hydrogen) atoms. The van der Waals surface area contributed by atoms with Gasteiger partial charge in [-0.2, -0.15) is 9.40 Å². The SMILES string of the molecule is CC(C)N(CC1CCNCC1)S(=O)(=O)c1ccnn1C. The van der Waals surface area contributed by atoms with Crippen LogP contribution in [0.25, 0.3) is 0 Å². The number of nitrogens with one attached hydrogen (secondary N) is 1. The summed E-state index contributed by atoms with van der Waals surface area (Å²) in [5.41, 5.74) is 0. The van der Waals surface area contributed by atoms with E-state index in [0.717, 1.165) is 25.9 Å². The van der Waals surface area contributed by atoms with E-state index in [-0.39, 0.29) is 11.1 Å². The maximum absolute atomic E-state index is 12.8. The Hall–Kier alpha value is -0.920. The van der Waals surface area contributed by atoms with Crippen LogP contribution in [0.15, 0.2) is 17.3 Å². The highest BCUT2D eigenvalue weighted by molar-refractivity contribution is 7.89. The van der Waals surface area contributed by atoms with E-state index in [1.807, 2.05) is 13.8 Å². The van der Waals surface area contributed by atoms with Crippen molar-refractivity contribution in [3.8, 4) is 0 Å². The zero-order valence-corrected chi connectivity index (χ0v) is 13.2. The first-order valence-electron chi connectivity index (χ1n) is 7.13. The molecule has 0 aromatic carbocycles. The van der Waals surface area contributed by atoms with Gasteiger partial charge >= 0.3 is 0 Å². The summed E-state index contributed by atoms with van der Waals surface area (Å²) in [6, 6.07) is 1.51. The lowest BCUT2D eigenvalue weighted by Crippen LogP contribution is -2.43. The van der Waals surface area contributed by atoms with Gasteiger partial charge in [-0.15, -0.1) is 0 Å². The quantitative estimate of drug-likeness (QED) is 0.874. The molecule has 7 heteroatoms. The minimum Gasteiger partial charge on any atom is -0.317 e. The molecular weight excluding hydrogens is 276 g/mol. The number of rotatable bonds is 5. The van der Waals surface area contributed by atoms with Gasteiger partial charge in [0.15, 0.2) is 5.03 Å². The Balaban J connectivity index is 2.21. The molecule has 0 spiro atoms. The van der Waals surface area contributed by atoms with Gasteiger partial charge in [0.25, 0.3) is 10.0 Å². The Bertz CT molecular complexity index is 532. The maximum Gasteiger partial charge on any atom is 0.260 e. The van der Waals surface area contributed by atoms with Crippen LogP contribution in [-0.2, 0) is 17.1 Å². The zero-order valence-electron chi connectivity index (χ0n) is 12.4. The van der Waals surface area contributed by atoms with Gasteiger partial charge in [-0.25, -0.2) is 8.42 Å². The van der Waals surface area contributed by atoms with Gasteiger partial charge in [0, 0.05) is 19.6 Å². The minimum atomic E-state index is -3.47. The molecule has 6 nitrogen and oxygen atoms in total. The molecule has 2 rings (SSSR count). The number of hydrogen-bond donors (Lipinski definition) is 1. The summed E-state index contributed by atoms with van der Waals surface area (Å²) < 4.78 is 28.6. The van der Waals surface area contributed by atoms with E-state index >= 15 is 0 Å². The van der Waals surface area contributed by atoms with Crippen molar-refractivity contribution in [2.24, 2.45) is 13.0 Å². The summed E-state index contributed by atoms with van der Waals surface area (Å²) in [4.78, 5) is 0. The highest BCUT2D eigenvalue weighted by Crippen LogP contribution is 2.22. The summed E-state index contributed by atoms with van der Waals surface area (Å²) >= 11 is 0. The van der Waals surface area contributed by atoms with E-state index in [1.54, 1.807) is 17.4 Å². The summed E-state index contributed by atoms with van der Waals surface area (Å²) in [5.74, 6) is 0.432. The average Bonchev–Trinajstić information content (AvgIpc) is 2.83. The predicted molar refractivity (Wildman–Crippen MR) is 77.8 cm³/mol. The van der Waals surface area contributed by atoms with Crippen molar-refractivity contribution in [3.05, 3.63) is 12.3 Å². The van der Waals surface area contributed by atoms with E-state index < -0.39 is 10.0 Å². The molecule has 0 amide bonds. The number of aromatic nitrogens is 2. The molecule has 0 saturated carbocycles. The molecule has 1 saturated heterocycles. The summed E-state index contributed by atoms with van der Waals surface area (Å²) in [5, 5.41) is 7.55. The zero-order chi connectivity index (χ0) is 14.8. The number of piperidine rings is 1. The highest BCUT2D eigenvalue weighted by Gasteiger charge is 2.31. The van der Waals surface area contributed by atoms with Gasteiger partial charge < -0.3 is 5.32 Å². The first-order valence-corrected chi connectivity index (χ1v) is 8.57. The molecule has 1 aromatic heterocycles. The van der Waals surface area contributed by atoms with E-state index in [9.17, 15) is 8.42 Å². The Labute approximate surface area is 121 Å². The van der Waals surface area contributed by atoms with Crippen LogP contribution in [0, 0.1) is 5.92 Å².